The quantitative estimate of drug-likeness (QED) is 0.825. The standard InChI is InChI=1S/C21H23N3O/c22-15-17-11-12-20(19-10-5-4-9-18(17)19)23-13-6-14-24(23)21(25)16-7-2-1-3-8-16/h4-5,9-12,16H,1-3,6-8,13-14H2. The molecule has 1 heterocycles. The molecule has 1 saturated heterocycles. The van der Waals surface area contributed by atoms with E-state index in [1.807, 2.05) is 41.4 Å². The zero-order valence-corrected chi connectivity index (χ0v) is 14.4. The number of hydrazine groups is 1. The summed E-state index contributed by atoms with van der Waals surface area (Å²) >= 11 is 0. The summed E-state index contributed by atoms with van der Waals surface area (Å²) in [6.45, 7) is 1.65. The third-order valence-electron chi connectivity index (χ3n) is 5.54. The highest BCUT2D eigenvalue weighted by molar-refractivity contribution is 5.98. The lowest BCUT2D eigenvalue weighted by Crippen LogP contribution is -2.45. The van der Waals surface area contributed by atoms with Crippen molar-refractivity contribution in [1.29, 1.82) is 5.26 Å². The average molecular weight is 333 g/mol. The Balaban J connectivity index is 1.70. The van der Waals surface area contributed by atoms with E-state index in [0.717, 1.165) is 48.8 Å². The molecule has 4 heteroatoms. The van der Waals surface area contributed by atoms with Crippen LogP contribution in [0.15, 0.2) is 36.4 Å². The summed E-state index contributed by atoms with van der Waals surface area (Å²) in [7, 11) is 0. The van der Waals surface area contributed by atoms with Crippen molar-refractivity contribution in [3.63, 3.8) is 0 Å². The third-order valence-corrected chi connectivity index (χ3v) is 5.54. The first-order chi connectivity index (χ1) is 12.3. The molecule has 0 unspecified atom stereocenters. The fraction of sp³-hybridized carbons (Fsp3) is 0.429. The van der Waals surface area contributed by atoms with Gasteiger partial charge in [-0.25, -0.2) is 0 Å². The lowest BCUT2D eigenvalue weighted by molar-refractivity contribution is -0.136. The second kappa shape index (κ2) is 6.76. The second-order valence-corrected chi connectivity index (χ2v) is 7.06. The SMILES string of the molecule is N#Cc1ccc(N2CCCN2C(=O)C2CCCCC2)c2ccccc12. The minimum Gasteiger partial charge on any atom is -0.282 e. The van der Waals surface area contributed by atoms with Crippen molar-refractivity contribution in [2.75, 3.05) is 18.1 Å². The van der Waals surface area contributed by atoms with Crippen LogP contribution >= 0.6 is 0 Å². The first-order valence-electron chi connectivity index (χ1n) is 9.30. The van der Waals surface area contributed by atoms with Gasteiger partial charge in [0.05, 0.1) is 17.3 Å². The third kappa shape index (κ3) is 2.84. The molecule has 2 aliphatic rings. The molecule has 2 aromatic carbocycles. The molecule has 0 bridgehead atoms. The normalized spacial score (nSPS) is 18.5. The molecule has 1 amide bonds. The largest absolute Gasteiger partial charge is 0.282 e. The molecule has 0 radical (unpaired) electrons. The van der Waals surface area contributed by atoms with Gasteiger partial charge in [0.15, 0.2) is 0 Å². The number of carbonyl (C=O) groups excluding carboxylic acids is 1. The number of fused-ring (bicyclic) bond motifs is 1. The van der Waals surface area contributed by atoms with Crippen LogP contribution in [0.2, 0.25) is 0 Å². The number of amides is 1. The van der Waals surface area contributed by atoms with E-state index in [0.29, 0.717) is 5.56 Å². The molecule has 0 N–H and O–H groups in total. The number of hydrogen-bond acceptors (Lipinski definition) is 3. The molecule has 0 aromatic heterocycles. The molecule has 0 spiro atoms. The predicted molar refractivity (Wildman–Crippen MR) is 98.9 cm³/mol. The average Bonchev–Trinajstić information content (AvgIpc) is 3.16. The molecular formula is C21H23N3O. The highest BCUT2D eigenvalue weighted by Gasteiger charge is 2.33. The summed E-state index contributed by atoms with van der Waals surface area (Å²) < 4.78 is 0. The van der Waals surface area contributed by atoms with Crippen molar-refractivity contribution in [2.24, 2.45) is 5.92 Å². The Morgan fingerprint density at radius 3 is 2.48 bits per heavy atom. The molecular weight excluding hydrogens is 310 g/mol. The summed E-state index contributed by atoms with van der Waals surface area (Å²) in [6, 6.07) is 14.1. The van der Waals surface area contributed by atoms with Gasteiger partial charge in [0, 0.05) is 29.8 Å². The molecule has 25 heavy (non-hydrogen) atoms. The van der Waals surface area contributed by atoms with Gasteiger partial charge in [0.25, 0.3) is 0 Å². The fourth-order valence-corrected chi connectivity index (χ4v) is 4.26. The van der Waals surface area contributed by atoms with Crippen molar-refractivity contribution in [3.05, 3.63) is 42.0 Å². The Hall–Kier alpha value is -2.54. The first-order valence-corrected chi connectivity index (χ1v) is 9.30. The van der Waals surface area contributed by atoms with E-state index in [1.54, 1.807) is 0 Å². The van der Waals surface area contributed by atoms with Crippen LogP contribution in [0.3, 0.4) is 0 Å². The highest BCUT2D eigenvalue weighted by atomic mass is 16.2. The molecule has 0 atom stereocenters. The van der Waals surface area contributed by atoms with E-state index < -0.39 is 0 Å². The maximum atomic E-state index is 13.1. The fourth-order valence-electron chi connectivity index (χ4n) is 4.26. The molecule has 4 rings (SSSR count). The monoisotopic (exact) mass is 333 g/mol. The van der Waals surface area contributed by atoms with Gasteiger partial charge in [-0.1, -0.05) is 43.5 Å². The van der Waals surface area contributed by atoms with Crippen molar-refractivity contribution in [3.8, 4) is 6.07 Å². The van der Waals surface area contributed by atoms with Crippen molar-refractivity contribution >= 4 is 22.4 Å². The van der Waals surface area contributed by atoms with E-state index >= 15 is 0 Å². The predicted octanol–water partition coefficient (Wildman–Crippen LogP) is 4.25. The summed E-state index contributed by atoms with van der Waals surface area (Å²) in [5, 5.41) is 15.5. The smallest absolute Gasteiger partial charge is 0.244 e. The number of rotatable bonds is 2. The Morgan fingerprint density at radius 2 is 1.72 bits per heavy atom. The van der Waals surface area contributed by atoms with E-state index in [-0.39, 0.29) is 11.8 Å². The summed E-state index contributed by atoms with van der Waals surface area (Å²) in [4.78, 5) is 13.1. The number of benzene rings is 2. The van der Waals surface area contributed by atoms with E-state index in [9.17, 15) is 10.1 Å². The van der Waals surface area contributed by atoms with E-state index in [2.05, 4.69) is 11.1 Å². The van der Waals surface area contributed by atoms with Crippen molar-refractivity contribution in [2.45, 2.75) is 38.5 Å². The highest BCUT2D eigenvalue weighted by Crippen LogP contribution is 2.34. The van der Waals surface area contributed by atoms with Gasteiger partial charge in [0.1, 0.15) is 0 Å². The Kier molecular flexibility index (Phi) is 4.31. The van der Waals surface area contributed by atoms with Gasteiger partial charge in [-0.2, -0.15) is 5.26 Å². The summed E-state index contributed by atoms with van der Waals surface area (Å²) in [5.41, 5.74) is 1.72. The van der Waals surface area contributed by atoms with Crippen LogP contribution in [0.4, 0.5) is 5.69 Å². The molecule has 2 aromatic rings. The van der Waals surface area contributed by atoms with Crippen molar-refractivity contribution < 1.29 is 4.79 Å². The van der Waals surface area contributed by atoms with Gasteiger partial charge >= 0.3 is 0 Å². The van der Waals surface area contributed by atoms with Crippen LogP contribution in [0.1, 0.15) is 44.1 Å². The Morgan fingerprint density at radius 1 is 0.960 bits per heavy atom. The van der Waals surface area contributed by atoms with Crippen molar-refractivity contribution in [1.82, 2.24) is 5.01 Å². The van der Waals surface area contributed by atoms with Crippen LogP contribution in [-0.2, 0) is 4.79 Å². The first kappa shape index (κ1) is 16.0. The lowest BCUT2D eigenvalue weighted by atomic mass is 9.88. The van der Waals surface area contributed by atoms with Crippen LogP contribution in [0.25, 0.3) is 10.8 Å². The number of hydrogen-bond donors (Lipinski definition) is 0. The maximum Gasteiger partial charge on any atom is 0.244 e. The molecule has 2 fully saturated rings. The van der Waals surface area contributed by atoms with Crippen LogP contribution in [0, 0.1) is 17.2 Å². The minimum atomic E-state index is 0.180. The van der Waals surface area contributed by atoms with Gasteiger partial charge in [-0.05, 0) is 31.4 Å². The molecule has 128 valence electrons. The number of carbonyl (C=O) groups is 1. The zero-order chi connectivity index (χ0) is 17.2. The minimum absolute atomic E-state index is 0.180. The molecule has 4 nitrogen and oxygen atoms in total. The summed E-state index contributed by atoms with van der Waals surface area (Å²) in [6.07, 6.45) is 6.64. The molecule has 1 saturated carbocycles. The summed E-state index contributed by atoms with van der Waals surface area (Å²) in [5.74, 6) is 0.463. The van der Waals surface area contributed by atoms with E-state index in [1.165, 1.54) is 19.3 Å². The lowest BCUT2D eigenvalue weighted by Gasteiger charge is -2.34. The molecule has 1 aliphatic carbocycles. The second-order valence-electron chi connectivity index (χ2n) is 7.06. The topological polar surface area (TPSA) is 47.3 Å². The van der Waals surface area contributed by atoms with Gasteiger partial charge in [-0.3, -0.25) is 14.8 Å². The van der Waals surface area contributed by atoms with Crippen LogP contribution in [0.5, 0.6) is 0 Å². The number of anilines is 1. The Labute approximate surface area is 148 Å². The van der Waals surface area contributed by atoms with Crippen LogP contribution < -0.4 is 5.01 Å². The zero-order valence-electron chi connectivity index (χ0n) is 14.4. The number of nitriles is 1. The van der Waals surface area contributed by atoms with Gasteiger partial charge in [-0.15, -0.1) is 0 Å². The van der Waals surface area contributed by atoms with Gasteiger partial charge in [0.2, 0.25) is 5.91 Å². The van der Waals surface area contributed by atoms with Crippen LogP contribution in [-0.4, -0.2) is 24.0 Å². The maximum absolute atomic E-state index is 13.1. The number of nitrogens with zero attached hydrogens (tertiary/aromatic N) is 3. The molecule has 1 aliphatic heterocycles. The van der Waals surface area contributed by atoms with E-state index in [4.69, 9.17) is 0 Å². The Bertz CT molecular complexity index is 833. The van der Waals surface area contributed by atoms with Gasteiger partial charge < -0.3 is 0 Å².